The minimum absolute atomic E-state index is 0.123. The van der Waals surface area contributed by atoms with Gasteiger partial charge in [0, 0.05) is 37.9 Å². The molecule has 2 aromatic rings. The number of methoxy groups -OCH3 is 1. The Morgan fingerprint density at radius 2 is 1.69 bits per heavy atom. The van der Waals surface area contributed by atoms with Gasteiger partial charge in [-0.3, -0.25) is 14.4 Å². The molecule has 0 aromatic heterocycles. The summed E-state index contributed by atoms with van der Waals surface area (Å²) in [5, 5.41) is 5.68. The lowest BCUT2D eigenvalue weighted by Gasteiger charge is -2.36. The van der Waals surface area contributed by atoms with E-state index in [1.165, 1.54) is 24.3 Å². The molecule has 0 spiro atoms. The maximum atomic E-state index is 13.1. The van der Waals surface area contributed by atoms with E-state index in [1.54, 1.807) is 36.3 Å². The summed E-state index contributed by atoms with van der Waals surface area (Å²) < 4.78 is 18.1. The van der Waals surface area contributed by atoms with Crippen LogP contribution in [-0.2, 0) is 9.53 Å². The second-order valence-corrected chi connectivity index (χ2v) is 7.74. The van der Waals surface area contributed by atoms with Crippen molar-refractivity contribution in [2.75, 3.05) is 33.4 Å². The molecule has 170 valence electrons. The van der Waals surface area contributed by atoms with E-state index in [0.717, 1.165) is 0 Å². The molecule has 1 unspecified atom stereocenters. The van der Waals surface area contributed by atoms with E-state index in [1.807, 2.05) is 6.07 Å². The molecule has 1 fully saturated rings. The van der Waals surface area contributed by atoms with E-state index >= 15 is 0 Å². The average Bonchev–Trinajstić information content (AvgIpc) is 2.83. The molecule has 3 rings (SSSR count). The predicted molar refractivity (Wildman–Crippen MR) is 118 cm³/mol. The number of carbonyl (C=O) groups excluding carboxylic acids is 3. The van der Waals surface area contributed by atoms with Gasteiger partial charge in [0.2, 0.25) is 5.91 Å². The monoisotopic (exact) mass is 441 g/mol. The number of piperidine rings is 1. The fraction of sp³-hybridized carbons (Fsp3) is 0.375. The van der Waals surface area contributed by atoms with Crippen molar-refractivity contribution in [3.05, 3.63) is 71.5 Å². The van der Waals surface area contributed by atoms with Crippen LogP contribution in [-0.4, -0.2) is 62.0 Å². The van der Waals surface area contributed by atoms with Crippen molar-refractivity contribution in [1.29, 1.82) is 0 Å². The van der Waals surface area contributed by atoms with Crippen LogP contribution in [0.1, 0.15) is 33.6 Å². The first-order chi connectivity index (χ1) is 15.5. The van der Waals surface area contributed by atoms with Gasteiger partial charge in [0.25, 0.3) is 11.8 Å². The molecule has 1 saturated heterocycles. The minimum atomic E-state index is -0.720. The van der Waals surface area contributed by atoms with Gasteiger partial charge in [0.1, 0.15) is 11.9 Å². The lowest BCUT2D eigenvalue weighted by atomic mass is 9.88. The van der Waals surface area contributed by atoms with E-state index in [4.69, 9.17) is 4.74 Å². The van der Waals surface area contributed by atoms with E-state index in [2.05, 4.69) is 10.6 Å². The lowest BCUT2D eigenvalue weighted by Crippen LogP contribution is -2.54. The van der Waals surface area contributed by atoms with Gasteiger partial charge in [0.15, 0.2) is 0 Å². The molecule has 7 nitrogen and oxygen atoms in total. The summed E-state index contributed by atoms with van der Waals surface area (Å²) in [6.07, 6.45) is 1.12. The van der Waals surface area contributed by atoms with E-state index in [9.17, 15) is 18.8 Å². The van der Waals surface area contributed by atoms with Crippen LogP contribution in [0.2, 0.25) is 0 Å². The number of rotatable bonds is 8. The highest BCUT2D eigenvalue weighted by Crippen LogP contribution is 2.23. The minimum Gasteiger partial charge on any atom is -0.383 e. The standard InChI is InChI=1S/C24H28FN3O4/c1-32-16-13-26-23(30)21(27-22(29)18-5-3-2-4-6-18)17-11-14-28(15-12-17)24(31)19-7-9-20(25)10-8-19/h2-10,17,21H,11-16H2,1H3,(H,26,30)(H,27,29). The number of likely N-dealkylation sites (tertiary alicyclic amines) is 1. The highest BCUT2D eigenvalue weighted by Gasteiger charge is 2.34. The Balaban J connectivity index is 1.65. The average molecular weight is 442 g/mol. The zero-order valence-electron chi connectivity index (χ0n) is 18.1. The van der Waals surface area contributed by atoms with Crippen molar-refractivity contribution in [1.82, 2.24) is 15.5 Å². The second kappa shape index (κ2) is 11.4. The molecule has 2 aromatic carbocycles. The number of hydrogen-bond donors (Lipinski definition) is 2. The molecule has 1 aliphatic heterocycles. The summed E-state index contributed by atoms with van der Waals surface area (Å²) in [5.74, 6) is -1.27. The molecular formula is C24H28FN3O4. The second-order valence-electron chi connectivity index (χ2n) is 7.74. The summed E-state index contributed by atoms with van der Waals surface area (Å²) in [4.78, 5) is 40.0. The van der Waals surface area contributed by atoms with Gasteiger partial charge in [-0.25, -0.2) is 4.39 Å². The van der Waals surface area contributed by atoms with Gasteiger partial charge in [-0.1, -0.05) is 18.2 Å². The van der Waals surface area contributed by atoms with Crippen LogP contribution in [0.25, 0.3) is 0 Å². The SMILES string of the molecule is COCCNC(=O)C(NC(=O)c1ccccc1)C1CCN(C(=O)c2ccc(F)cc2)CC1. The molecule has 1 atom stereocenters. The van der Waals surface area contributed by atoms with Crippen LogP contribution >= 0.6 is 0 Å². The van der Waals surface area contributed by atoms with Gasteiger partial charge in [-0.2, -0.15) is 0 Å². The maximum absolute atomic E-state index is 13.1. The third-order valence-electron chi connectivity index (χ3n) is 5.60. The Morgan fingerprint density at radius 3 is 2.31 bits per heavy atom. The predicted octanol–water partition coefficient (Wildman–Crippen LogP) is 2.24. The van der Waals surface area contributed by atoms with E-state index in [0.29, 0.717) is 50.2 Å². The third kappa shape index (κ3) is 6.13. The largest absolute Gasteiger partial charge is 0.383 e. The van der Waals surface area contributed by atoms with Crippen molar-refractivity contribution >= 4 is 17.7 Å². The highest BCUT2D eigenvalue weighted by molar-refractivity contribution is 5.97. The smallest absolute Gasteiger partial charge is 0.253 e. The van der Waals surface area contributed by atoms with Gasteiger partial charge >= 0.3 is 0 Å². The molecule has 0 saturated carbocycles. The maximum Gasteiger partial charge on any atom is 0.253 e. The third-order valence-corrected chi connectivity index (χ3v) is 5.60. The molecule has 0 aliphatic carbocycles. The summed E-state index contributed by atoms with van der Waals surface area (Å²) in [5.41, 5.74) is 0.905. The van der Waals surface area contributed by atoms with Gasteiger partial charge in [0.05, 0.1) is 6.61 Å². The van der Waals surface area contributed by atoms with E-state index in [-0.39, 0.29) is 23.6 Å². The van der Waals surface area contributed by atoms with Crippen molar-refractivity contribution in [3.63, 3.8) is 0 Å². The van der Waals surface area contributed by atoms with E-state index < -0.39 is 11.9 Å². The van der Waals surface area contributed by atoms with Crippen LogP contribution in [0, 0.1) is 11.7 Å². The quantitative estimate of drug-likeness (QED) is 0.615. The van der Waals surface area contributed by atoms with Crippen molar-refractivity contribution in [2.24, 2.45) is 5.92 Å². The van der Waals surface area contributed by atoms with Crippen LogP contribution in [0.15, 0.2) is 54.6 Å². The number of benzene rings is 2. The molecule has 2 N–H and O–H groups in total. The topological polar surface area (TPSA) is 87.7 Å². The van der Waals surface area contributed by atoms with Crippen molar-refractivity contribution < 1.29 is 23.5 Å². The van der Waals surface area contributed by atoms with Crippen molar-refractivity contribution in [2.45, 2.75) is 18.9 Å². The Bertz CT molecular complexity index is 913. The number of halogens is 1. The molecule has 0 radical (unpaired) electrons. The van der Waals surface area contributed by atoms with Gasteiger partial charge < -0.3 is 20.3 Å². The number of hydrogen-bond acceptors (Lipinski definition) is 4. The zero-order chi connectivity index (χ0) is 22.9. The number of ether oxygens (including phenoxy) is 1. The normalized spacial score (nSPS) is 15.1. The first-order valence-corrected chi connectivity index (χ1v) is 10.7. The summed E-state index contributed by atoms with van der Waals surface area (Å²) in [6, 6.07) is 13.5. The molecule has 3 amide bonds. The summed E-state index contributed by atoms with van der Waals surface area (Å²) >= 11 is 0. The first-order valence-electron chi connectivity index (χ1n) is 10.7. The van der Waals surface area contributed by atoms with Crippen LogP contribution in [0.5, 0.6) is 0 Å². The molecule has 32 heavy (non-hydrogen) atoms. The summed E-state index contributed by atoms with van der Waals surface area (Å²) in [7, 11) is 1.55. The fourth-order valence-corrected chi connectivity index (χ4v) is 3.81. The van der Waals surface area contributed by atoms with Gasteiger partial charge in [-0.15, -0.1) is 0 Å². The number of amides is 3. The Morgan fingerprint density at radius 1 is 1.03 bits per heavy atom. The highest BCUT2D eigenvalue weighted by atomic mass is 19.1. The molecule has 1 aliphatic rings. The Labute approximate surface area is 186 Å². The molecule has 0 bridgehead atoms. The van der Waals surface area contributed by atoms with Crippen LogP contribution in [0.4, 0.5) is 4.39 Å². The molecule has 1 heterocycles. The van der Waals surface area contributed by atoms with Crippen molar-refractivity contribution in [3.8, 4) is 0 Å². The number of nitrogens with one attached hydrogen (secondary N) is 2. The molecule has 8 heteroatoms. The van der Waals surface area contributed by atoms with Crippen LogP contribution in [0.3, 0.4) is 0 Å². The van der Waals surface area contributed by atoms with Crippen LogP contribution < -0.4 is 10.6 Å². The zero-order valence-corrected chi connectivity index (χ0v) is 18.1. The number of carbonyl (C=O) groups is 3. The molecular weight excluding hydrogens is 413 g/mol. The Hall–Kier alpha value is -3.26. The van der Waals surface area contributed by atoms with Gasteiger partial charge in [-0.05, 0) is 55.2 Å². The Kier molecular flexibility index (Phi) is 8.33. The number of nitrogens with zero attached hydrogens (tertiary/aromatic N) is 1. The lowest BCUT2D eigenvalue weighted by molar-refractivity contribution is -0.124. The fourth-order valence-electron chi connectivity index (χ4n) is 3.81. The summed E-state index contributed by atoms with van der Waals surface area (Å²) in [6.45, 7) is 1.61. The first kappa shape index (κ1) is 23.4.